The van der Waals surface area contributed by atoms with E-state index in [2.05, 4.69) is 37.7 Å². The number of fused-ring (bicyclic) bond motifs is 1. The lowest BCUT2D eigenvalue weighted by molar-refractivity contribution is -0.135. The average Bonchev–Trinajstić information content (AvgIpc) is 3.57. The maximum absolute atomic E-state index is 13.5. The van der Waals surface area contributed by atoms with E-state index in [0.717, 1.165) is 44.3 Å². The molecule has 14 nitrogen and oxygen atoms in total. The van der Waals surface area contributed by atoms with Gasteiger partial charge in [-0.25, -0.2) is 9.50 Å². The Morgan fingerprint density at radius 2 is 1.78 bits per heavy atom. The molecule has 0 saturated carbocycles. The van der Waals surface area contributed by atoms with Crippen LogP contribution in [0.2, 0.25) is 0 Å². The molecule has 0 bridgehead atoms. The van der Waals surface area contributed by atoms with Crippen molar-refractivity contribution in [1.29, 1.82) is 0 Å². The summed E-state index contributed by atoms with van der Waals surface area (Å²) in [6.45, 7) is 7.15. The van der Waals surface area contributed by atoms with Crippen molar-refractivity contribution in [3.63, 3.8) is 0 Å². The minimum absolute atomic E-state index is 0.0271. The number of nitrogens with zero attached hydrogens (tertiary/aromatic N) is 6. The summed E-state index contributed by atoms with van der Waals surface area (Å²) < 4.78 is 7.55. The smallest absolute Gasteiger partial charge is 0.259 e. The van der Waals surface area contributed by atoms with E-state index in [1.165, 1.54) is 5.56 Å². The highest BCUT2D eigenvalue weighted by Gasteiger charge is 2.29. The number of nitrogen functional groups attached to an aromatic ring is 1. The minimum Gasteiger partial charge on any atom is -0.490 e. The SMILES string of the molecule is CC(C)Oc1cc(N)c(C=NC2CCN(C(=O)CN3CCC(c4ccc(C5CCC(=O)NC5=O)cc4)CC3)CC2)cc1C(=O)Nc1cnn2cccnc12. The van der Waals surface area contributed by atoms with E-state index >= 15 is 0 Å². The van der Waals surface area contributed by atoms with E-state index in [1.54, 1.807) is 47.5 Å². The molecule has 2 aromatic carbocycles. The van der Waals surface area contributed by atoms with Gasteiger partial charge in [-0.05, 0) is 88.2 Å². The van der Waals surface area contributed by atoms with Gasteiger partial charge >= 0.3 is 0 Å². The number of nitrogens with two attached hydrogens (primary N) is 1. The lowest BCUT2D eigenvalue weighted by Gasteiger charge is -2.35. The van der Waals surface area contributed by atoms with Gasteiger partial charge in [0.05, 0.1) is 36.4 Å². The monoisotopic (exact) mass is 733 g/mol. The standard InChI is InChI=1S/C40H47N9O5/c1-25(2)54-35-21-33(41)29(20-32(35)40(53)45-34-23-44-49-15-3-14-42-38(34)49)22-43-30-12-18-48(19-13-30)37(51)24-47-16-10-27(11-17-47)26-4-6-28(7-5-26)31-8-9-36(50)46-39(31)52/h3-7,14-15,20-23,25,27,30-31H,8-13,16-19,24,41H2,1-2H3,(H,45,53)(H,46,50,52). The summed E-state index contributed by atoms with van der Waals surface area (Å²) in [5, 5.41) is 9.60. The van der Waals surface area contributed by atoms with Crippen LogP contribution in [0.25, 0.3) is 5.65 Å². The second kappa shape index (κ2) is 16.2. The van der Waals surface area contributed by atoms with Crippen LogP contribution in [-0.4, -0.2) is 99.1 Å². The number of ether oxygens (including phenoxy) is 1. The first-order chi connectivity index (χ1) is 26.1. The van der Waals surface area contributed by atoms with Crippen molar-refractivity contribution in [2.75, 3.05) is 43.8 Å². The summed E-state index contributed by atoms with van der Waals surface area (Å²) in [4.78, 5) is 63.9. The number of aromatic nitrogens is 3. The Balaban J connectivity index is 0.898. The van der Waals surface area contributed by atoms with Crippen molar-refractivity contribution in [3.8, 4) is 5.75 Å². The summed E-state index contributed by atoms with van der Waals surface area (Å²) in [5.41, 5.74) is 11.0. The van der Waals surface area contributed by atoms with Crippen LogP contribution in [-0.2, 0) is 14.4 Å². The van der Waals surface area contributed by atoms with E-state index in [-0.39, 0.29) is 41.7 Å². The first kappa shape index (κ1) is 36.7. The van der Waals surface area contributed by atoms with E-state index in [0.29, 0.717) is 72.3 Å². The molecule has 54 heavy (non-hydrogen) atoms. The van der Waals surface area contributed by atoms with Crippen molar-refractivity contribution in [2.45, 2.75) is 76.4 Å². The van der Waals surface area contributed by atoms with Crippen LogP contribution in [0.5, 0.6) is 5.75 Å². The van der Waals surface area contributed by atoms with Gasteiger partial charge in [0.25, 0.3) is 5.91 Å². The molecule has 4 aromatic rings. The predicted octanol–water partition coefficient (Wildman–Crippen LogP) is 4.16. The topological polar surface area (TPSA) is 177 Å². The Hall–Kier alpha value is -5.63. The zero-order chi connectivity index (χ0) is 37.8. The molecule has 14 heteroatoms. The maximum atomic E-state index is 13.5. The molecular formula is C40H47N9O5. The minimum atomic E-state index is -0.377. The number of nitrogens with one attached hydrogen (secondary N) is 2. The highest BCUT2D eigenvalue weighted by atomic mass is 16.5. The molecule has 4 amide bonds. The normalized spacial score (nSPS) is 19.1. The molecule has 3 aliphatic rings. The number of piperidine rings is 3. The number of carbonyl (C=O) groups is 4. The van der Waals surface area contributed by atoms with Gasteiger partial charge in [0.2, 0.25) is 17.7 Å². The summed E-state index contributed by atoms with van der Waals surface area (Å²) in [6.07, 6.45) is 10.8. The number of hydrogen-bond donors (Lipinski definition) is 3. The predicted molar refractivity (Wildman–Crippen MR) is 205 cm³/mol. The molecule has 5 heterocycles. The fraction of sp³-hybridized carbons (Fsp3) is 0.425. The molecule has 0 aliphatic carbocycles. The van der Waals surface area contributed by atoms with Crippen molar-refractivity contribution in [2.24, 2.45) is 4.99 Å². The van der Waals surface area contributed by atoms with E-state index in [4.69, 9.17) is 15.5 Å². The summed E-state index contributed by atoms with van der Waals surface area (Å²) in [6, 6.07) is 13.4. The quantitative estimate of drug-likeness (QED) is 0.123. The summed E-state index contributed by atoms with van der Waals surface area (Å²) in [5.74, 6) is -0.136. The molecular weight excluding hydrogens is 686 g/mol. The van der Waals surface area contributed by atoms with Gasteiger partial charge in [-0.1, -0.05) is 24.3 Å². The molecule has 0 radical (unpaired) electrons. The average molecular weight is 734 g/mol. The highest BCUT2D eigenvalue weighted by molar-refractivity contribution is 6.09. The number of anilines is 2. The first-order valence-corrected chi connectivity index (χ1v) is 18.8. The van der Waals surface area contributed by atoms with Gasteiger partial charge in [0.1, 0.15) is 11.4 Å². The number of hydrogen-bond acceptors (Lipinski definition) is 10. The van der Waals surface area contributed by atoms with Crippen LogP contribution in [0.3, 0.4) is 0 Å². The van der Waals surface area contributed by atoms with Gasteiger partial charge in [0.15, 0.2) is 5.65 Å². The molecule has 1 atom stereocenters. The number of rotatable bonds is 10. The molecule has 282 valence electrons. The van der Waals surface area contributed by atoms with Gasteiger partial charge in [-0.3, -0.25) is 34.4 Å². The molecule has 7 rings (SSSR count). The molecule has 0 spiro atoms. The molecule has 3 fully saturated rings. The van der Waals surface area contributed by atoms with Crippen molar-refractivity contribution < 1.29 is 23.9 Å². The molecule has 3 saturated heterocycles. The summed E-state index contributed by atoms with van der Waals surface area (Å²) >= 11 is 0. The Morgan fingerprint density at radius 3 is 2.50 bits per heavy atom. The van der Waals surface area contributed by atoms with E-state index in [9.17, 15) is 19.2 Å². The van der Waals surface area contributed by atoms with Crippen LogP contribution in [0.1, 0.15) is 91.3 Å². The van der Waals surface area contributed by atoms with Gasteiger partial charge in [-0.2, -0.15) is 5.10 Å². The van der Waals surface area contributed by atoms with Crippen molar-refractivity contribution in [3.05, 3.63) is 83.3 Å². The van der Waals surface area contributed by atoms with E-state index < -0.39 is 0 Å². The van der Waals surface area contributed by atoms with Gasteiger partial charge in [0, 0.05) is 55.4 Å². The lowest BCUT2D eigenvalue weighted by Crippen LogP contribution is -2.46. The zero-order valence-corrected chi connectivity index (χ0v) is 30.7. The number of aliphatic imine (C=N–C) groups is 1. The number of amides is 4. The van der Waals surface area contributed by atoms with Crippen LogP contribution in [0, 0.1) is 0 Å². The largest absolute Gasteiger partial charge is 0.490 e. The molecule has 1 unspecified atom stereocenters. The Kier molecular flexibility index (Phi) is 11.0. The Morgan fingerprint density at radius 1 is 1.04 bits per heavy atom. The number of benzene rings is 2. The third-order valence-electron chi connectivity index (χ3n) is 10.6. The number of likely N-dealkylation sites (tertiary alicyclic amines) is 2. The third-order valence-corrected chi connectivity index (χ3v) is 10.6. The van der Waals surface area contributed by atoms with E-state index in [1.807, 2.05) is 30.9 Å². The van der Waals surface area contributed by atoms with Gasteiger partial charge in [-0.15, -0.1) is 0 Å². The lowest BCUT2D eigenvalue weighted by atomic mass is 9.86. The fourth-order valence-electron chi connectivity index (χ4n) is 7.54. The second-order valence-corrected chi connectivity index (χ2v) is 14.7. The van der Waals surface area contributed by atoms with Crippen LogP contribution >= 0.6 is 0 Å². The fourth-order valence-corrected chi connectivity index (χ4v) is 7.54. The highest BCUT2D eigenvalue weighted by Crippen LogP contribution is 2.32. The maximum Gasteiger partial charge on any atom is 0.259 e. The number of carbonyl (C=O) groups excluding carboxylic acids is 4. The summed E-state index contributed by atoms with van der Waals surface area (Å²) in [7, 11) is 0. The Bertz CT molecular complexity index is 2040. The van der Waals surface area contributed by atoms with Crippen molar-refractivity contribution >= 4 is 46.9 Å². The van der Waals surface area contributed by atoms with Crippen LogP contribution < -0.4 is 21.1 Å². The molecule has 2 aromatic heterocycles. The third kappa shape index (κ3) is 8.44. The number of imide groups is 1. The molecule has 4 N–H and O–H groups in total. The van der Waals surface area contributed by atoms with Crippen LogP contribution in [0.15, 0.2) is 66.0 Å². The van der Waals surface area contributed by atoms with Crippen LogP contribution in [0.4, 0.5) is 11.4 Å². The van der Waals surface area contributed by atoms with Gasteiger partial charge < -0.3 is 20.7 Å². The second-order valence-electron chi connectivity index (χ2n) is 14.7. The van der Waals surface area contributed by atoms with Crippen molar-refractivity contribution in [1.82, 2.24) is 29.7 Å². The zero-order valence-electron chi connectivity index (χ0n) is 30.7. The Labute approximate surface area is 314 Å². The molecule has 3 aliphatic heterocycles. The first-order valence-electron chi connectivity index (χ1n) is 18.8.